The first kappa shape index (κ1) is 21.9. The van der Waals surface area contributed by atoms with Crippen molar-refractivity contribution in [2.24, 2.45) is 0 Å². The number of hydrogen-bond donors (Lipinski definition) is 2. The van der Waals surface area contributed by atoms with Crippen LogP contribution in [0.5, 0.6) is 0 Å². The fraction of sp³-hybridized carbons (Fsp3) is 0.333. The van der Waals surface area contributed by atoms with Crippen LogP contribution in [0.2, 0.25) is 0 Å². The number of para-hydroxylation sites is 2. The summed E-state index contributed by atoms with van der Waals surface area (Å²) in [6.45, 7) is 5.81. The van der Waals surface area contributed by atoms with Crippen LogP contribution in [-0.2, 0) is 14.3 Å². The van der Waals surface area contributed by atoms with Crippen LogP contribution in [0, 0.1) is 30.9 Å². The molecule has 0 aromatic heterocycles. The van der Waals surface area contributed by atoms with Gasteiger partial charge in [-0.2, -0.15) is 0 Å². The number of benzene rings is 2. The Morgan fingerprint density at radius 3 is 2.41 bits per heavy atom. The largest absolute Gasteiger partial charge is 0.456 e. The van der Waals surface area contributed by atoms with Crippen LogP contribution in [0.25, 0.3) is 0 Å². The van der Waals surface area contributed by atoms with Crippen LogP contribution < -0.4 is 10.6 Å². The van der Waals surface area contributed by atoms with Crippen molar-refractivity contribution >= 4 is 28.9 Å². The molecule has 154 valence electrons. The van der Waals surface area contributed by atoms with Crippen LogP contribution >= 0.6 is 0 Å². The standard InChI is InChI=1S/C21H25N3O5/c1-14-11-15(2)21(16(3)12-14)23-19(25)13-29-20(26)9-6-10-22-17-7-4-5-8-18(17)24(27)28/h4-5,7-8,11-12,22H,6,9-10,13H2,1-3H3,(H,23,25). The average Bonchev–Trinajstić information content (AvgIpc) is 2.66. The average molecular weight is 399 g/mol. The Balaban J connectivity index is 1.72. The van der Waals surface area contributed by atoms with Crippen molar-refractivity contribution in [1.82, 2.24) is 0 Å². The molecule has 0 saturated carbocycles. The number of nitrogens with zero attached hydrogens (tertiary/aromatic N) is 1. The quantitative estimate of drug-likeness (QED) is 0.286. The van der Waals surface area contributed by atoms with Crippen molar-refractivity contribution in [3.8, 4) is 0 Å². The Morgan fingerprint density at radius 1 is 1.10 bits per heavy atom. The molecular formula is C21H25N3O5. The van der Waals surface area contributed by atoms with Gasteiger partial charge in [-0.3, -0.25) is 19.7 Å². The lowest BCUT2D eigenvalue weighted by Crippen LogP contribution is -2.22. The number of rotatable bonds is 9. The number of ether oxygens (including phenoxy) is 1. The van der Waals surface area contributed by atoms with E-state index in [4.69, 9.17) is 4.74 Å². The molecule has 2 aromatic carbocycles. The van der Waals surface area contributed by atoms with Gasteiger partial charge in [-0.05, 0) is 44.4 Å². The van der Waals surface area contributed by atoms with Gasteiger partial charge in [0.05, 0.1) is 4.92 Å². The maximum atomic E-state index is 12.1. The van der Waals surface area contributed by atoms with Crippen molar-refractivity contribution in [2.75, 3.05) is 23.8 Å². The molecule has 0 radical (unpaired) electrons. The Hall–Kier alpha value is -3.42. The van der Waals surface area contributed by atoms with Gasteiger partial charge in [0.15, 0.2) is 6.61 Å². The van der Waals surface area contributed by atoms with Crippen LogP contribution in [0.1, 0.15) is 29.5 Å². The highest BCUT2D eigenvalue weighted by Crippen LogP contribution is 2.23. The van der Waals surface area contributed by atoms with Crippen LogP contribution in [0.15, 0.2) is 36.4 Å². The molecule has 2 rings (SSSR count). The van der Waals surface area contributed by atoms with Crippen LogP contribution in [0.3, 0.4) is 0 Å². The zero-order chi connectivity index (χ0) is 21.4. The van der Waals surface area contributed by atoms with E-state index in [0.717, 1.165) is 22.4 Å². The summed E-state index contributed by atoms with van der Waals surface area (Å²) in [7, 11) is 0. The van der Waals surface area contributed by atoms with Crippen molar-refractivity contribution in [3.05, 3.63) is 63.2 Å². The number of hydrogen-bond acceptors (Lipinski definition) is 6. The van der Waals surface area contributed by atoms with E-state index in [9.17, 15) is 19.7 Å². The zero-order valence-electron chi connectivity index (χ0n) is 16.8. The third-order valence-corrected chi connectivity index (χ3v) is 4.28. The van der Waals surface area contributed by atoms with Crippen LogP contribution in [0.4, 0.5) is 17.1 Å². The fourth-order valence-corrected chi connectivity index (χ4v) is 3.01. The zero-order valence-corrected chi connectivity index (χ0v) is 16.8. The molecule has 0 aliphatic carbocycles. The van der Waals surface area contributed by atoms with E-state index in [1.54, 1.807) is 18.2 Å². The third-order valence-electron chi connectivity index (χ3n) is 4.28. The molecule has 0 aliphatic rings. The predicted molar refractivity (Wildman–Crippen MR) is 111 cm³/mol. The highest BCUT2D eigenvalue weighted by molar-refractivity contribution is 5.94. The number of carbonyl (C=O) groups excluding carboxylic acids is 2. The molecule has 1 amide bonds. The minimum Gasteiger partial charge on any atom is -0.456 e. The van der Waals surface area contributed by atoms with Gasteiger partial charge in [0, 0.05) is 24.7 Å². The second kappa shape index (κ2) is 10.2. The lowest BCUT2D eigenvalue weighted by molar-refractivity contribution is -0.384. The van der Waals surface area contributed by atoms with Crippen molar-refractivity contribution in [3.63, 3.8) is 0 Å². The van der Waals surface area contributed by atoms with E-state index < -0.39 is 16.8 Å². The summed E-state index contributed by atoms with van der Waals surface area (Å²) in [4.78, 5) is 34.4. The first-order valence-corrected chi connectivity index (χ1v) is 9.28. The van der Waals surface area contributed by atoms with Gasteiger partial charge in [0.2, 0.25) is 0 Å². The second-order valence-electron chi connectivity index (χ2n) is 6.79. The summed E-state index contributed by atoms with van der Waals surface area (Å²) in [5, 5.41) is 16.7. The third kappa shape index (κ3) is 6.60. The number of nitrogens with one attached hydrogen (secondary N) is 2. The van der Waals surface area contributed by atoms with Gasteiger partial charge in [0.25, 0.3) is 11.6 Å². The molecule has 8 heteroatoms. The van der Waals surface area contributed by atoms with Crippen molar-refractivity contribution < 1.29 is 19.2 Å². The minimum absolute atomic E-state index is 0.0200. The number of carbonyl (C=O) groups is 2. The lowest BCUT2D eigenvalue weighted by Gasteiger charge is -2.13. The van der Waals surface area contributed by atoms with E-state index in [0.29, 0.717) is 18.7 Å². The Labute approximate surface area is 169 Å². The number of nitro benzene ring substituents is 1. The fourth-order valence-electron chi connectivity index (χ4n) is 3.01. The summed E-state index contributed by atoms with van der Waals surface area (Å²) in [5.41, 5.74) is 4.11. The summed E-state index contributed by atoms with van der Waals surface area (Å²) in [6.07, 6.45) is 0.520. The molecule has 0 aliphatic heterocycles. The molecule has 0 bridgehead atoms. The highest BCUT2D eigenvalue weighted by Gasteiger charge is 2.13. The van der Waals surface area contributed by atoms with E-state index >= 15 is 0 Å². The smallest absolute Gasteiger partial charge is 0.306 e. The van der Waals surface area contributed by atoms with Crippen LogP contribution in [-0.4, -0.2) is 30.0 Å². The van der Waals surface area contributed by atoms with Gasteiger partial charge in [-0.1, -0.05) is 29.8 Å². The van der Waals surface area contributed by atoms with Gasteiger partial charge in [-0.25, -0.2) is 0 Å². The van der Waals surface area contributed by atoms with E-state index in [2.05, 4.69) is 10.6 Å². The Bertz CT molecular complexity index is 888. The normalized spacial score (nSPS) is 10.3. The Morgan fingerprint density at radius 2 is 1.76 bits per heavy atom. The van der Waals surface area contributed by atoms with Gasteiger partial charge >= 0.3 is 5.97 Å². The molecule has 0 atom stereocenters. The van der Waals surface area contributed by atoms with E-state index in [-0.39, 0.29) is 18.7 Å². The maximum absolute atomic E-state index is 12.1. The molecule has 0 saturated heterocycles. The van der Waals surface area contributed by atoms with E-state index in [1.807, 2.05) is 32.9 Å². The SMILES string of the molecule is Cc1cc(C)c(NC(=O)COC(=O)CCCNc2ccccc2[N+](=O)[O-])c(C)c1. The summed E-state index contributed by atoms with van der Waals surface area (Å²) in [6, 6.07) is 10.2. The molecule has 29 heavy (non-hydrogen) atoms. The molecule has 0 unspecified atom stereocenters. The predicted octanol–water partition coefficient (Wildman–Crippen LogP) is 3.89. The molecule has 0 fully saturated rings. The molecular weight excluding hydrogens is 374 g/mol. The minimum atomic E-state index is -0.498. The highest BCUT2D eigenvalue weighted by atomic mass is 16.6. The van der Waals surface area contributed by atoms with Crippen molar-refractivity contribution in [2.45, 2.75) is 33.6 Å². The summed E-state index contributed by atoms with van der Waals surface area (Å²) < 4.78 is 5.01. The van der Waals surface area contributed by atoms with Gasteiger partial charge in [-0.15, -0.1) is 0 Å². The van der Waals surface area contributed by atoms with Crippen molar-refractivity contribution in [1.29, 1.82) is 0 Å². The van der Waals surface area contributed by atoms with Gasteiger partial charge < -0.3 is 15.4 Å². The second-order valence-corrected chi connectivity index (χ2v) is 6.79. The lowest BCUT2D eigenvalue weighted by atomic mass is 10.1. The maximum Gasteiger partial charge on any atom is 0.306 e. The number of esters is 1. The first-order valence-electron chi connectivity index (χ1n) is 9.28. The number of amides is 1. The summed E-state index contributed by atoms with van der Waals surface area (Å²) in [5.74, 6) is -0.895. The number of anilines is 2. The molecule has 8 nitrogen and oxygen atoms in total. The molecule has 2 N–H and O–H groups in total. The van der Waals surface area contributed by atoms with E-state index in [1.165, 1.54) is 6.07 Å². The molecule has 0 spiro atoms. The number of aryl methyl sites for hydroxylation is 3. The topological polar surface area (TPSA) is 111 Å². The summed E-state index contributed by atoms with van der Waals surface area (Å²) >= 11 is 0. The van der Waals surface area contributed by atoms with Gasteiger partial charge in [0.1, 0.15) is 5.69 Å². The number of nitro groups is 1. The first-order chi connectivity index (χ1) is 13.8. The monoisotopic (exact) mass is 399 g/mol. The molecule has 0 heterocycles. The Kier molecular flexibility index (Phi) is 7.70. The molecule has 2 aromatic rings.